The maximum absolute atomic E-state index is 3.64. The van der Waals surface area contributed by atoms with Gasteiger partial charge in [0.15, 0.2) is 0 Å². The quantitative estimate of drug-likeness (QED) is 0.395. The molecule has 0 saturated carbocycles. The highest BCUT2D eigenvalue weighted by Gasteiger charge is 1.91. The molecule has 0 heterocycles. The van der Waals surface area contributed by atoms with Crippen LogP contribution in [-0.4, -0.2) is 16.3 Å². The van der Waals surface area contributed by atoms with E-state index in [2.05, 4.69) is 29.4 Å². The van der Waals surface area contributed by atoms with Crippen molar-refractivity contribution in [2.45, 2.75) is 17.6 Å². The zero-order valence-corrected chi connectivity index (χ0v) is 6.29. The van der Waals surface area contributed by atoms with Crippen LogP contribution < -0.4 is 0 Å². The Hall–Kier alpha value is 0.0125. The molecule has 0 aromatic rings. The van der Waals surface area contributed by atoms with Crippen LogP contribution in [0.15, 0.2) is 25.3 Å². The second-order valence-electron chi connectivity index (χ2n) is 1.81. The molecule has 0 nitrogen and oxygen atoms in total. The smallest absolute Gasteiger partial charge is 0.103 e. The van der Waals surface area contributed by atoms with Crippen molar-refractivity contribution in [3.05, 3.63) is 25.3 Å². The fourth-order valence-electron chi connectivity index (χ4n) is 0.524. The maximum atomic E-state index is 3.64. The van der Waals surface area contributed by atoms with E-state index in [0.29, 0.717) is 4.78 Å². The van der Waals surface area contributed by atoms with Gasteiger partial charge < -0.3 is 0 Å². The van der Waals surface area contributed by atoms with Gasteiger partial charge in [-0.25, -0.2) is 0 Å². The topological polar surface area (TPSA) is 0 Å². The van der Waals surface area contributed by atoms with Crippen molar-refractivity contribution in [2.75, 3.05) is 0 Å². The molecule has 42 valence electrons. The van der Waals surface area contributed by atoms with E-state index in [4.69, 9.17) is 0 Å². The SMILES string of the molecule is C=CC[CH]([Al])CC=C. The first kappa shape index (κ1) is 8.01. The lowest BCUT2D eigenvalue weighted by Gasteiger charge is -2.02. The fraction of sp³-hybridized carbons (Fsp3) is 0.429. The van der Waals surface area contributed by atoms with Crippen molar-refractivity contribution in [1.29, 1.82) is 0 Å². The maximum Gasteiger partial charge on any atom is 0.124 e. The van der Waals surface area contributed by atoms with Crippen LogP contribution in [0, 0.1) is 0 Å². The summed E-state index contributed by atoms with van der Waals surface area (Å²) in [5.74, 6) is 0. The van der Waals surface area contributed by atoms with E-state index < -0.39 is 0 Å². The molecule has 0 unspecified atom stereocenters. The highest BCUT2D eigenvalue weighted by atomic mass is 27.0. The first-order valence-electron chi connectivity index (χ1n) is 2.78. The Labute approximate surface area is 59.7 Å². The van der Waals surface area contributed by atoms with Crippen LogP contribution in [0.5, 0.6) is 0 Å². The van der Waals surface area contributed by atoms with E-state index in [1.165, 1.54) is 0 Å². The van der Waals surface area contributed by atoms with Gasteiger partial charge in [0.1, 0.15) is 16.3 Å². The molecule has 0 atom stereocenters. The second-order valence-corrected chi connectivity index (χ2v) is 2.75. The molecule has 0 aromatic heterocycles. The third-order valence-electron chi connectivity index (χ3n) is 0.939. The molecule has 1 heteroatoms. The fourth-order valence-corrected chi connectivity index (χ4v) is 0.909. The molecule has 0 aliphatic heterocycles. The molecule has 0 amide bonds. The average molecular weight is 122 g/mol. The highest BCUT2D eigenvalue weighted by molar-refractivity contribution is 6.11. The van der Waals surface area contributed by atoms with Crippen molar-refractivity contribution in [1.82, 2.24) is 0 Å². The van der Waals surface area contributed by atoms with Gasteiger partial charge in [-0.15, -0.1) is 17.9 Å². The Kier molecular flexibility index (Phi) is 5.16. The average Bonchev–Trinajstić information content (AvgIpc) is 1.68. The molecule has 0 aliphatic rings. The Balaban J connectivity index is 3.16. The van der Waals surface area contributed by atoms with Crippen molar-refractivity contribution < 1.29 is 0 Å². The van der Waals surface area contributed by atoms with Gasteiger partial charge in [-0.1, -0.05) is 12.2 Å². The molecule has 0 rings (SSSR count). The van der Waals surface area contributed by atoms with Crippen molar-refractivity contribution >= 4 is 16.3 Å². The summed E-state index contributed by atoms with van der Waals surface area (Å²) in [7, 11) is 0. The Bertz CT molecular complexity index is 66.5. The van der Waals surface area contributed by atoms with Crippen LogP contribution in [0.2, 0.25) is 4.78 Å². The number of allylic oxidation sites excluding steroid dienone is 2. The summed E-state index contributed by atoms with van der Waals surface area (Å²) < 4.78 is 0.644. The third-order valence-corrected chi connectivity index (χ3v) is 1.48. The van der Waals surface area contributed by atoms with Gasteiger partial charge >= 0.3 is 0 Å². The van der Waals surface area contributed by atoms with E-state index in [-0.39, 0.29) is 0 Å². The zero-order chi connectivity index (χ0) is 6.41. The van der Waals surface area contributed by atoms with E-state index in [0.717, 1.165) is 12.8 Å². The standard InChI is InChI=1S/C7H11.Al/c1-3-5-7-6-4-2;/h3-4,7H,1-2,5-6H2;. The van der Waals surface area contributed by atoms with Crippen LogP contribution in [0.4, 0.5) is 0 Å². The Morgan fingerprint density at radius 1 is 1.25 bits per heavy atom. The van der Waals surface area contributed by atoms with Crippen LogP contribution in [0.3, 0.4) is 0 Å². The summed E-state index contributed by atoms with van der Waals surface area (Å²) in [6.07, 6.45) is 6.00. The summed E-state index contributed by atoms with van der Waals surface area (Å²) in [6, 6.07) is 0. The van der Waals surface area contributed by atoms with Crippen LogP contribution >= 0.6 is 0 Å². The van der Waals surface area contributed by atoms with Gasteiger partial charge in [0.2, 0.25) is 0 Å². The molecule has 0 aliphatic carbocycles. The minimum absolute atomic E-state index is 0.644. The molecule has 8 heavy (non-hydrogen) atoms. The number of hydrogen-bond acceptors (Lipinski definition) is 0. The molecule has 0 N–H and O–H groups in total. The zero-order valence-electron chi connectivity index (χ0n) is 5.14. The lowest BCUT2D eigenvalue weighted by molar-refractivity contribution is 0.866. The number of rotatable bonds is 4. The predicted molar refractivity (Wildman–Crippen MR) is 39.1 cm³/mol. The lowest BCUT2D eigenvalue weighted by atomic mass is 10.2. The predicted octanol–water partition coefficient (Wildman–Crippen LogP) is 2.10. The van der Waals surface area contributed by atoms with Gasteiger partial charge in [0, 0.05) is 0 Å². The third kappa shape index (κ3) is 4.18. The van der Waals surface area contributed by atoms with E-state index in [1.807, 2.05) is 12.2 Å². The summed E-state index contributed by atoms with van der Waals surface area (Å²) >= 11 is 2.76. The molecule has 0 spiro atoms. The van der Waals surface area contributed by atoms with E-state index >= 15 is 0 Å². The molecule has 0 saturated heterocycles. The van der Waals surface area contributed by atoms with Gasteiger partial charge in [-0.3, -0.25) is 0 Å². The summed E-state index contributed by atoms with van der Waals surface area (Å²) in [5.41, 5.74) is 0. The van der Waals surface area contributed by atoms with Crippen LogP contribution in [0.1, 0.15) is 12.8 Å². The summed E-state index contributed by atoms with van der Waals surface area (Å²) in [5, 5.41) is 0. The molecule has 2 radical (unpaired) electrons. The first-order valence-corrected chi connectivity index (χ1v) is 3.45. The molecular weight excluding hydrogens is 111 g/mol. The summed E-state index contributed by atoms with van der Waals surface area (Å²) in [6.45, 7) is 7.27. The van der Waals surface area contributed by atoms with Gasteiger partial charge in [-0.2, -0.15) is 0 Å². The van der Waals surface area contributed by atoms with Crippen molar-refractivity contribution in [3.8, 4) is 0 Å². The number of hydrogen-bond donors (Lipinski definition) is 0. The van der Waals surface area contributed by atoms with Gasteiger partial charge in [0.25, 0.3) is 0 Å². The Morgan fingerprint density at radius 2 is 1.62 bits per heavy atom. The van der Waals surface area contributed by atoms with Crippen molar-refractivity contribution in [2.24, 2.45) is 0 Å². The minimum atomic E-state index is 0.644. The molecular formula is C7H11Al. The molecule has 0 fully saturated rings. The minimum Gasteiger partial charge on any atom is -0.103 e. The van der Waals surface area contributed by atoms with Gasteiger partial charge in [-0.05, 0) is 12.8 Å². The normalized spacial score (nSPS) is 9.12. The van der Waals surface area contributed by atoms with Gasteiger partial charge in [0.05, 0.1) is 0 Å². The summed E-state index contributed by atoms with van der Waals surface area (Å²) in [4.78, 5) is 0. The monoisotopic (exact) mass is 122 g/mol. The van der Waals surface area contributed by atoms with E-state index in [1.54, 1.807) is 0 Å². The highest BCUT2D eigenvalue weighted by Crippen LogP contribution is 2.10. The Morgan fingerprint density at radius 3 is 1.88 bits per heavy atom. The van der Waals surface area contributed by atoms with Crippen molar-refractivity contribution in [3.63, 3.8) is 0 Å². The van der Waals surface area contributed by atoms with E-state index in [9.17, 15) is 0 Å². The first-order chi connectivity index (χ1) is 3.81. The molecule has 0 aromatic carbocycles. The van der Waals surface area contributed by atoms with Crippen LogP contribution in [0.25, 0.3) is 0 Å². The lowest BCUT2D eigenvalue weighted by Crippen LogP contribution is -1.86. The second kappa shape index (κ2) is 5.16. The molecule has 0 bridgehead atoms. The largest absolute Gasteiger partial charge is 0.124 e. The van der Waals surface area contributed by atoms with Crippen LogP contribution in [-0.2, 0) is 0 Å².